The summed E-state index contributed by atoms with van der Waals surface area (Å²) < 4.78 is 4.50. The first-order valence-corrected chi connectivity index (χ1v) is 4.73. The number of aliphatic hydroxyl groups is 1. The number of carbonyl (C=O) groups is 2. The zero-order chi connectivity index (χ0) is 10.3. The lowest BCUT2D eigenvalue weighted by atomic mass is 9.94. The van der Waals surface area contributed by atoms with Gasteiger partial charge in [0.15, 0.2) is 6.79 Å². The summed E-state index contributed by atoms with van der Waals surface area (Å²) in [6.07, 6.45) is 1.19. The fraction of sp³-hybridized carbons (Fsp3) is 0.778. The molecular weight excluding hydrogens is 186 g/mol. The molecule has 2 heterocycles. The molecule has 2 saturated heterocycles. The van der Waals surface area contributed by atoms with E-state index in [9.17, 15) is 9.59 Å². The van der Waals surface area contributed by atoms with E-state index in [0.717, 1.165) is 0 Å². The van der Waals surface area contributed by atoms with Crippen LogP contribution >= 0.6 is 0 Å². The first kappa shape index (κ1) is 9.45. The molecule has 3 unspecified atom stereocenters. The second kappa shape index (κ2) is 3.24. The largest absolute Gasteiger partial charge is 0.437 e. The maximum absolute atomic E-state index is 11.4. The molecule has 2 aliphatic rings. The summed E-state index contributed by atoms with van der Waals surface area (Å²) in [6.45, 7) is 1.41. The van der Waals surface area contributed by atoms with Gasteiger partial charge in [-0.25, -0.2) is 4.79 Å². The Morgan fingerprint density at radius 3 is 3.00 bits per heavy atom. The van der Waals surface area contributed by atoms with E-state index in [1.54, 1.807) is 4.90 Å². The van der Waals surface area contributed by atoms with E-state index < -0.39 is 18.8 Å². The van der Waals surface area contributed by atoms with Gasteiger partial charge in [-0.1, -0.05) is 6.92 Å². The Hall–Kier alpha value is -1.10. The molecule has 0 radical (unpaired) electrons. The predicted molar refractivity (Wildman–Crippen MR) is 46.0 cm³/mol. The normalized spacial score (nSPS) is 35.1. The van der Waals surface area contributed by atoms with Gasteiger partial charge in [0.25, 0.3) is 0 Å². The van der Waals surface area contributed by atoms with Crippen LogP contribution in [-0.2, 0) is 14.3 Å². The summed E-state index contributed by atoms with van der Waals surface area (Å²) >= 11 is 0. The molecule has 2 rings (SSSR count). The van der Waals surface area contributed by atoms with Crippen molar-refractivity contribution in [1.82, 2.24) is 4.90 Å². The van der Waals surface area contributed by atoms with Gasteiger partial charge < -0.3 is 14.7 Å². The van der Waals surface area contributed by atoms with Crippen LogP contribution in [0.5, 0.6) is 0 Å². The van der Waals surface area contributed by atoms with Crippen molar-refractivity contribution in [1.29, 1.82) is 0 Å². The maximum atomic E-state index is 11.4. The molecule has 1 N–H and O–H groups in total. The fourth-order valence-corrected chi connectivity index (χ4v) is 2.33. The van der Waals surface area contributed by atoms with E-state index in [2.05, 4.69) is 4.74 Å². The summed E-state index contributed by atoms with van der Waals surface area (Å²) in [7, 11) is 0. The first-order chi connectivity index (χ1) is 6.65. The van der Waals surface area contributed by atoms with Gasteiger partial charge in [0.05, 0.1) is 0 Å². The molecule has 5 heteroatoms. The van der Waals surface area contributed by atoms with E-state index in [1.165, 1.54) is 0 Å². The molecule has 0 spiro atoms. The van der Waals surface area contributed by atoms with Gasteiger partial charge in [-0.3, -0.25) is 4.79 Å². The molecular formula is C9H13NO4. The minimum Gasteiger partial charge on any atom is -0.437 e. The van der Waals surface area contributed by atoms with E-state index in [-0.39, 0.29) is 11.9 Å². The monoisotopic (exact) mass is 199 g/mol. The zero-order valence-electron chi connectivity index (χ0n) is 7.97. The topological polar surface area (TPSA) is 66.8 Å². The number of aliphatic hydroxyl groups excluding tert-OH is 1. The third-order valence-corrected chi connectivity index (χ3v) is 3.10. The van der Waals surface area contributed by atoms with Crippen molar-refractivity contribution in [2.45, 2.75) is 31.8 Å². The van der Waals surface area contributed by atoms with Gasteiger partial charge >= 0.3 is 5.97 Å². The lowest BCUT2D eigenvalue weighted by Gasteiger charge is -2.38. The molecule has 3 atom stereocenters. The van der Waals surface area contributed by atoms with Crippen LogP contribution in [-0.4, -0.2) is 40.8 Å². The SMILES string of the molecule is CC1CC(C(=O)OCO)N2C(=O)CC12. The molecule has 0 aromatic rings. The standard InChI is InChI=1S/C9H13NO4/c1-5-2-7(9(13)14-4-11)10-6(5)3-8(10)12/h5-7,11H,2-4H2,1H3. The van der Waals surface area contributed by atoms with Crippen molar-refractivity contribution >= 4 is 11.9 Å². The molecule has 0 aromatic carbocycles. The van der Waals surface area contributed by atoms with E-state index in [1.807, 2.05) is 6.92 Å². The Bertz CT molecular complexity index is 278. The molecule has 14 heavy (non-hydrogen) atoms. The second-order valence-corrected chi connectivity index (χ2v) is 3.89. The van der Waals surface area contributed by atoms with E-state index in [4.69, 9.17) is 5.11 Å². The van der Waals surface area contributed by atoms with Crippen LogP contribution < -0.4 is 0 Å². The van der Waals surface area contributed by atoms with Gasteiger partial charge in [-0.15, -0.1) is 0 Å². The quantitative estimate of drug-likeness (QED) is 0.369. The van der Waals surface area contributed by atoms with Gasteiger partial charge in [0, 0.05) is 12.5 Å². The molecule has 1 amide bonds. The van der Waals surface area contributed by atoms with Crippen LogP contribution in [0.1, 0.15) is 19.8 Å². The maximum Gasteiger partial charge on any atom is 0.330 e. The third-order valence-electron chi connectivity index (χ3n) is 3.10. The van der Waals surface area contributed by atoms with Gasteiger partial charge in [-0.2, -0.15) is 0 Å². The number of carbonyl (C=O) groups excluding carboxylic acids is 2. The van der Waals surface area contributed by atoms with Gasteiger partial charge in [-0.05, 0) is 12.3 Å². The van der Waals surface area contributed by atoms with Crippen LogP contribution in [0.15, 0.2) is 0 Å². The summed E-state index contributed by atoms with van der Waals surface area (Å²) in [4.78, 5) is 24.2. The highest BCUT2D eigenvalue weighted by Gasteiger charge is 2.52. The van der Waals surface area contributed by atoms with Crippen molar-refractivity contribution in [2.24, 2.45) is 5.92 Å². The first-order valence-electron chi connectivity index (χ1n) is 4.73. The number of hydrogen-bond donors (Lipinski definition) is 1. The number of hydrogen-bond acceptors (Lipinski definition) is 4. The number of ether oxygens (including phenoxy) is 1. The van der Waals surface area contributed by atoms with Crippen molar-refractivity contribution in [3.05, 3.63) is 0 Å². The Kier molecular flexibility index (Phi) is 2.19. The Morgan fingerprint density at radius 1 is 1.71 bits per heavy atom. The van der Waals surface area contributed by atoms with Crippen molar-refractivity contribution in [3.8, 4) is 0 Å². The fourth-order valence-electron chi connectivity index (χ4n) is 2.33. The highest BCUT2D eigenvalue weighted by Crippen LogP contribution is 2.39. The number of esters is 1. The molecule has 2 aliphatic heterocycles. The second-order valence-electron chi connectivity index (χ2n) is 3.89. The zero-order valence-corrected chi connectivity index (χ0v) is 7.97. The molecule has 2 fully saturated rings. The Labute approximate surface area is 81.6 Å². The number of nitrogens with zero attached hydrogens (tertiary/aromatic N) is 1. The van der Waals surface area contributed by atoms with Crippen LogP contribution in [0.3, 0.4) is 0 Å². The highest BCUT2D eigenvalue weighted by molar-refractivity contribution is 5.90. The number of fused-ring (bicyclic) bond motifs is 1. The molecule has 78 valence electrons. The molecule has 5 nitrogen and oxygen atoms in total. The minimum atomic E-state index is -0.615. The number of β-lactam (4-membered cyclic amide) rings is 1. The van der Waals surface area contributed by atoms with Crippen LogP contribution in [0.25, 0.3) is 0 Å². The van der Waals surface area contributed by atoms with E-state index in [0.29, 0.717) is 18.8 Å². The van der Waals surface area contributed by atoms with E-state index >= 15 is 0 Å². The average Bonchev–Trinajstić information content (AvgIpc) is 2.38. The van der Waals surface area contributed by atoms with Crippen LogP contribution in [0.4, 0.5) is 0 Å². The summed E-state index contributed by atoms with van der Waals surface area (Å²) in [6, 6.07) is -0.262. The molecule has 0 aliphatic carbocycles. The van der Waals surface area contributed by atoms with Crippen LogP contribution in [0, 0.1) is 5.92 Å². The number of amides is 1. The Balaban J connectivity index is 2.06. The van der Waals surface area contributed by atoms with Crippen molar-refractivity contribution in [3.63, 3.8) is 0 Å². The van der Waals surface area contributed by atoms with Gasteiger partial charge in [0.2, 0.25) is 5.91 Å². The predicted octanol–water partition coefficient (Wildman–Crippen LogP) is -0.511. The molecule has 0 saturated carbocycles. The highest BCUT2D eigenvalue weighted by atomic mass is 16.6. The lowest BCUT2D eigenvalue weighted by molar-refractivity contribution is -0.166. The van der Waals surface area contributed by atoms with Crippen LogP contribution in [0.2, 0.25) is 0 Å². The smallest absolute Gasteiger partial charge is 0.330 e. The minimum absolute atomic E-state index is 0.0132. The van der Waals surface area contributed by atoms with Gasteiger partial charge in [0.1, 0.15) is 6.04 Å². The summed E-state index contributed by atoms with van der Waals surface area (Å²) in [5.41, 5.74) is 0. The average molecular weight is 199 g/mol. The lowest BCUT2D eigenvalue weighted by Crippen LogP contribution is -2.55. The molecule has 0 bridgehead atoms. The van der Waals surface area contributed by atoms with Crippen molar-refractivity contribution in [2.75, 3.05) is 6.79 Å². The molecule has 0 aromatic heterocycles. The summed E-state index contributed by atoms with van der Waals surface area (Å²) in [5.74, 6) is -0.127. The Morgan fingerprint density at radius 2 is 2.43 bits per heavy atom. The van der Waals surface area contributed by atoms with Crippen molar-refractivity contribution < 1.29 is 19.4 Å². The summed E-state index contributed by atoms with van der Waals surface area (Å²) in [5, 5.41) is 8.45. The number of rotatable bonds is 2. The third kappa shape index (κ3) is 1.19.